The number of aryl methyl sites for hydroxylation is 1. The van der Waals surface area contributed by atoms with E-state index < -0.39 is 41.7 Å². The Labute approximate surface area is 366 Å². The largest absolute Gasteiger partial charge is 0.491 e. The molecule has 4 aliphatic rings. The number of nitrogens with zero attached hydrogens (tertiary/aromatic N) is 5. The first-order chi connectivity index (χ1) is 29.7. The van der Waals surface area contributed by atoms with Crippen molar-refractivity contribution in [3.05, 3.63) is 53.7 Å². The summed E-state index contributed by atoms with van der Waals surface area (Å²) in [5.41, 5.74) is 3.87. The first-order valence-electron chi connectivity index (χ1n) is 22.0. The number of ether oxygens (including phenoxy) is 2. The molecule has 17 heteroatoms. The lowest BCUT2D eigenvalue weighted by atomic mass is 9.98. The van der Waals surface area contributed by atoms with E-state index in [9.17, 15) is 28.0 Å². The quantitative estimate of drug-likeness (QED) is 0.142. The molecular weight excluding hydrogens is 815 g/mol. The minimum absolute atomic E-state index is 0.0496. The normalized spacial score (nSPS) is 22.9. The Morgan fingerprint density at radius 3 is 2.40 bits per heavy atom. The van der Waals surface area contributed by atoms with Crippen LogP contribution in [0.25, 0.3) is 27.8 Å². The van der Waals surface area contributed by atoms with E-state index in [1.54, 1.807) is 37.5 Å². The zero-order valence-electron chi connectivity index (χ0n) is 37.4. The maximum absolute atomic E-state index is 14.8. The van der Waals surface area contributed by atoms with Gasteiger partial charge in [-0.1, -0.05) is 12.1 Å². The Hall–Kier alpha value is -5.45. The van der Waals surface area contributed by atoms with E-state index in [0.717, 1.165) is 45.7 Å². The number of alkyl halides is 2. The van der Waals surface area contributed by atoms with Crippen LogP contribution in [0.15, 0.2) is 42.6 Å². The fourth-order valence-electron chi connectivity index (χ4n) is 8.90. The molecule has 342 valence electrons. The highest BCUT2D eigenvalue weighted by atomic mass is 19.1. The molecule has 0 radical (unpaired) electrons. The number of alkyl carbamates (subject to hydrolysis) is 1. The second kappa shape index (κ2) is 18.3. The lowest BCUT2D eigenvalue weighted by Gasteiger charge is -2.42. The minimum atomic E-state index is -1.27. The van der Waals surface area contributed by atoms with Gasteiger partial charge in [0.25, 0.3) is 5.91 Å². The molecule has 0 bridgehead atoms. The summed E-state index contributed by atoms with van der Waals surface area (Å²) in [6, 6.07) is 11.0. The molecule has 5 atom stereocenters. The minimum Gasteiger partial charge on any atom is -0.491 e. The number of pyridine rings is 1. The van der Waals surface area contributed by atoms with Gasteiger partial charge in [-0.2, -0.15) is 5.10 Å². The lowest BCUT2D eigenvalue weighted by molar-refractivity contribution is -0.119. The first-order valence-corrected chi connectivity index (χ1v) is 22.0. The number of para-hydroxylation sites is 1. The number of carbonyl (C=O) groups is 4. The van der Waals surface area contributed by atoms with Gasteiger partial charge < -0.3 is 40.0 Å². The number of aromatic nitrogens is 3. The summed E-state index contributed by atoms with van der Waals surface area (Å²) >= 11 is 0. The van der Waals surface area contributed by atoms with Crippen LogP contribution < -0.4 is 20.7 Å². The highest BCUT2D eigenvalue weighted by molar-refractivity contribution is 5.95. The van der Waals surface area contributed by atoms with Crippen LogP contribution in [0.2, 0.25) is 0 Å². The Bertz CT molecular complexity index is 2330. The number of halogens is 2. The second-order valence-electron chi connectivity index (χ2n) is 19.5. The Morgan fingerprint density at radius 1 is 0.984 bits per heavy atom. The van der Waals surface area contributed by atoms with Gasteiger partial charge in [0.1, 0.15) is 29.4 Å². The summed E-state index contributed by atoms with van der Waals surface area (Å²) in [6.07, 6.45) is 1.10. The van der Waals surface area contributed by atoms with E-state index >= 15 is 0 Å². The van der Waals surface area contributed by atoms with Crippen molar-refractivity contribution in [2.75, 3.05) is 39.3 Å². The standard InChI is InChI=1S/C36H43FN6O5.C10H19FN2O2/c1-21-28-11-10-25(34(45)41-18-26(37)14-27(19-41)39-35(46)48-36(2,3)4)17-43(28)40-32(21)29-13-24-6-5-7-30(33(24)42(29)16-22-8-9-22)47-20-23-12-31(44)38-15-23;1-10(2,3)13(9(14)15)8-4-7(11)5-12-6-8/h5-7,10-11,13,17,22-23,26-27H,8-9,12,14-16,18-20H2,1-4H3,(H,38,44)(H,39,46);7-8,12H,4-6H2,1-3H3,(H,14,15)/t23?,26-,27-;7-,8-/m11/s1. The SMILES string of the molecule is CC(C)(C)N(C(=O)O)[C@H]1CNC[C@H](F)C1.Cc1c(-c2cc3cccc(OCC4CNC(=O)C4)c3n2CC2CC2)nn2cc(C(=O)N3C[C@H](F)C[C@@H](NC(=O)OC(C)(C)C)C3)ccc12. The summed E-state index contributed by atoms with van der Waals surface area (Å²) in [6.45, 7) is 15.7. The third kappa shape index (κ3) is 11.0. The van der Waals surface area contributed by atoms with Crippen LogP contribution in [0.1, 0.15) is 89.6 Å². The number of piperidine rings is 2. The molecule has 1 unspecified atom stereocenters. The number of rotatable bonds is 9. The van der Waals surface area contributed by atoms with Crippen LogP contribution in [0, 0.1) is 18.8 Å². The van der Waals surface area contributed by atoms with Gasteiger partial charge in [0.15, 0.2) is 0 Å². The fourth-order valence-corrected chi connectivity index (χ4v) is 8.90. The van der Waals surface area contributed by atoms with Crippen molar-refractivity contribution in [2.24, 2.45) is 11.8 Å². The molecule has 4 fully saturated rings. The smallest absolute Gasteiger partial charge is 0.408 e. The van der Waals surface area contributed by atoms with Crippen LogP contribution in [0.5, 0.6) is 5.75 Å². The van der Waals surface area contributed by atoms with Crippen LogP contribution in [-0.2, 0) is 16.1 Å². The predicted octanol–water partition coefficient (Wildman–Crippen LogP) is 6.73. The zero-order chi connectivity index (χ0) is 45.4. The third-order valence-corrected chi connectivity index (χ3v) is 11.9. The van der Waals surface area contributed by atoms with E-state index in [4.69, 9.17) is 19.7 Å². The highest BCUT2D eigenvalue weighted by Gasteiger charge is 2.37. The van der Waals surface area contributed by atoms with Gasteiger partial charge in [0.05, 0.1) is 47.5 Å². The molecule has 8 rings (SSSR count). The van der Waals surface area contributed by atoms with Gasteiger partial charge in [-0.15, -0.1) is 0 Å². The molecular formula is C46H62F2N8O7. The molecule has 4 amide bonds. The molecule has 3 saturated heterocycles. The second-order valence-corrected chi connectivity index (χ2v) is 19.5. The first kappa shape index (κ1) is 45.6. The van der Waals surface area contributed by atoms with Crippen molar-refractivity contribution in [3.8, 4) is 17.1 Å². The number of benzene rings is 1. The van der Waals surface area contributed by atoms with E-state index in [1.165, 1.54) is 22.6 Å². The topological polar surface area (TPSA) is 172 Å². The van der Waals surface area contributed by atoms with Gasteiger partial charge in [0.2, 0.25) is 5.91 Å². The summed E-state index contributed by atoms with van der Waals surface area (Å²) in [5, 5.41) is 23.7. The monoisotopic (exact) mass is 876 g/mol. The van der Waals surface area contributed by atoms with E-state index in [0.29, 0.717) is 44.1 Å². The molecule has 1 aliphatic carbocycles. The summed E-state index contributed by atoms with van der Waals surface area (Å²) in [5.74, 6) is 1.26. The summed E-state index contributed by atoms with van der Waals surface area (Å²) < 4.78 is 43.7. The van der Waals surface area contributed by atoms with Gasteiger partial charge >= 0.3 is 12.2 Å². The summed E-state index contributed by atoms with van der Waals surface area (Å²) in [4.78, 5) is 51.6. The Morgan fingerprint density at radius 2 is 1.75 bits per heavy atom. The number of amides is 4. The van der Waals surface area contributed by atoms with Gasteiger partial charge in [-0.25, -0.2) is 22.9 Å². The van der Waals surface area contributed by atoms with Crippen LogP contribution >= 0.6 is 0 Å². The average molecular weight is 877 g/mol. The number of nitrogens with one attached hydrogen (secondary N) is 3. The molecule has 63 heavy (non-hydrogen) atoms. The van der Waals surface area contributed by atoms with E-state index in [1.807, 2.05) is 45.9 Å². The van der Waals surface area contributed by atoms with E-state index in [-0.39, 0.29) is 49.7 Å². The predicted molar refractivity (Wildman–Crippen MR) is 235 cm³/mol. The van der Waals surface area contributed by atoms with Crippen LogP contribution in [0.3, 0.4) is 0 Å². The lowest BCUT2D eigenvalue weighted by Crippen LogP contribution is -2.57. The van der Waals surface area contributed by atoms with Crippen molar-refractivity contribution >= 4 is 40.4 Å². The Balaban J connectivity index is 0.000000337. The van der Waals surface area contributed by atoms with Gasteiger partial charge in [-0.05, 0) is 91.5 Å². The van der Waals surface area contributed by atoms with Crippen LogP contribution in [-0.4, -0.2) is 128 Å². The molecule has 1 aromatic carbocycles. The zero-order valence-corrected chi connectivity index (χ0v) is 37.4. The van der Waals surface area contributed by atoms with Crippen molar-refractivity contribution in [3.63, 3.8) is 0 Å². The van der Waals surface area contributed by atoms with Crippen molar-refractivity contribution in [2.45, 2.75) is 123 Å². The number of hydrogen-bond acceptors (Lipinski definition) is 8. The number of hydrogen-bond donors (Lipinski definition) is 4. The Kier molecular flexibility index (Phi) is 13.3. The number of fused-ring (bicyclic) bond motifs is 2. The highest BCUT2D eigenvalue weighted by Crippen LogP contribution is 2.40. The maximum Gasteiger partial charge on any atom is 0.408 e. The molecule has 3 aromatic heterocycles. The van der Waals surface area contributed by atoms with Crippen molar-refractivity contribution < 1.29 is 42.5 Å². The average Bonchev–Trinajstić information content (AvgIpc) is 3.66. The molecule has 3 aliphatic heterocycles. The van der Waals surface area contributed by atoms with Crippen molar-refractivity contribution in [1.82, 2.24) is 39.9 Å². The summed E-state index contributed by atoms with van der Waals surface area (Å²) in [7, 11) is 0. The van der Waals surface area contributed by atoms with E-state index in [2.05, 4.69) is 32.7 Å². The third-order valence-electron chi connectivity index (χ3n) is 11.9. The number of carbonyl (C=O) groups excluding carboxylic acids is 3. The van der Waals surface area contributed by atoms with Crippen LogP contribution in [0.4, 0.5) is 18.4 Å². The number of carboxylic acid groups (broad SMARTS) is 1. The molecule has 0 spiro atoms. The molecule has 15 nitrogen and oxygen atoms in total. The van der Waals surface area contributed by atoms with Gasteiger partial charge in [0, 0.05) is 80.6 Å². The maximum atomic E-state index is 14.8. The fraction of sp³-hybridized carbons (Fsp3) is 0.587. The molecule has 4 aromatic rings. The van der Waals surface area contributed by atoms with Crippen molar-refractivity contribution in [1.29, 1.82) is 0 Å². The molecule has 4 N–H and O–H groups in total. The molecule has 6 heterocycles. The number of likely N-dealkylation sites (tertiary alicyclic amines) is 1. The molecule has 1 saturated carbocycles. The van der Waals surface area contributed by atoms with Gasteiger partial charge in [-0.3, -0.25) is 14.5 Å².